The first-order valence-corrected chi connectivity index (χ1v) is 4.17. The average molecular weight is 234 g/mol. The summed E-state index contributed by atoms with van der Waals surface area (Å²) in [4.78, 5) is 4.05. The van der Waals surface area contributed by atoms with Crippen LogP contribution in [-0.4, -0.2) is 9.54 Å². The van der Waals surface area contributed by atoms with Crippen molar-refractivity contribution in [2.75, 3.05) is 9.87 Å². The summed E-state index contributed by atoms with van der Waals surface area (Å²) in [6.07, 6.45) is 1.77. The average Bonchev–Trinajstić information content (AvgIpc) is 1.91. The highest BCUT2D eigenvalue weighted by atomic mass is 127. The van der Waals surface area contributed by atoms with Crippen LogP contribution in [0.4, 0.5) is 5.82 Å². The Bertz CT molecular complexity index is 164. The SMILES string of the molecule is ICNc1ccccn1. The van der Waals surface area contributed by atoms with Crippen LogP contribution in [0.25, 0.3) is 0 Å². The Labute approximate surface area is 67.8 Å². The van der Waals surface area contributed by atoms with Crippen LogP contribution in [0.1, 0.15) is 0 Å². The van der Waals surface area contributed by atoms with Crippen LogP contribution in [0.5, 0.6) is 0 Å². The molecule has 0 saturated heterocycles. The molecule has 2 nitrogen and oxygen atoms in total. The number of hydrogen-bond donors (Lipinski definition) is 1. The van der Waals surface area contributed by atoms with Crippen molar-refractivity contribution in [2.45, 2.75) is 0 Å². The van der Waals surface area contributed by atoms with Gasteiger partial charge in [-0.05, 0) is 12.1 Å². The van der Waals surface area contributed by atoms with E-state index in [0.29, 0.717) is 0 Å². The normalized spacial score (nSPS) is 9.00. The fraction of sp³-hybridized carbons (Fsp3) is 0.167. The number of anilines is 1. The molecule has 1 rings (SSSR count). The third-order valence-corrected chi connectivity index (χ3v) is 1.29. The lowest BCUT2D eigenvalue weighted by Gasteiger charge is -1.96. The molecule has 0 amide bonds. The second-order valence-corrected chi connectivity index (χ2v) is 2.29. The van der Waals surface area contributed by atoms with E-state index in [-0.39, 0.29) is 0 Å². The lowest BCUT2D eigenvalue weighted by atomic mass is 10.5. The van der Waals surface area contributed by atoms with E-state index >= 15 is 0 Å². The van der Waals surface area contributed by atoms with Gasteiger partial charge in [0, 0.05) is 6.20 Å². The number of hydrogen-bond acceptors (Lipinski definition) is 2. The van der Waals surface area contributed by atoms with Crippen molar-refractivity contribution >= 4 is 28.4 Å². The summed E-state index contributed by atoms with van der Waals surface area (Å²) in [7, 11) is 0. The molecule has 0 aromatic carbocycles. The third-order valence-electron chi connectivity index (χ3n) is 0.913. The molecule has 1 aromatic rings. The summed E-state index contributed by atoms with van der Waals surface area (Å²) in [5.41, 5.74) is 0. The van der Waals surface area contributed by atoms with Crippen LogP contribution in [-0.2, 0) is 0 Å². The van der Waals surface area contributed by atoms with Gasteiger partial charge in [0.1, 0.15) is 5.82 Å². The molecule has 48 valence electrons. The van der Waals surface area contributed by atoms with Crippen LogP contribution in [0.2, 0.25) is 0 Å². The molecule has 1 aromatic heterocycles. The van der Waals surface area contributed by atoms with E-state index < -0.39 is 0 Å². The van der Waals surface area contributed by atoms with Crippen molar-refractivity contribution < 1.29 is 0 Å². The van der Waals surface area contributed by atoms with E-state index in [4.69, 9.17) is 0 Å². The monoisotopic (exact) mass is 234 g/mol. The Balaban J connectivity index is 2.61. The van der Waals surface area contributed by atoms with E-state index in [0.717, 1.165) is 10.4 Å². The fourth-order valence-electron chi connectivity index (χ4n) is 0.536. The van der Waals surface area contributed by atoms with E-state index in [1.807, 2.05) is 18.2 Å². The maximum absolute atomic E-state index is 4.05. The molecule has 0 aliphatic rings. The van der Waals surface area contributed by atoms with Gasteiger partial charge in [0.2, 0.25) is 0 Å². The van der Waals surface area contributed by atoms with Gasteiger partial charge >= 0.3 is 0 Å². The van der Waals surface area contributed by atoms with Gasteiger partial charge in [0.05, 0.1) is 4.55 Å². The molecule has 0 aliphatic carbocycles. The molecular weight excluding hydrogens is 227 g/mol. The largest absolute Gasteiger partial charge is 0.361 e. The second kappa shape index (κ2) is 3.66. The van der Waals surface area contributed by atoms with Gasteiger partial charge < -0.3 is 5.32 Å². The predicted octanol–water partition coefficient (Wildman–Crippen LogP) is 1.89. The Morgan fingerprint density at radius 3 is 3.00 bits per heavy atom. The summed E-state index contributed by atoms with van der Waals surface area (Å²) in [6, 6.07) is 5.80. The number of alkyl halides is 1. The van der Waals surface area contributed by atoms with Crippen molar-refractivity contribution in [1.29, 1.82) is 0 Å². The van der Waals surface area contributed by atoms with E-state index in [9.17, 15) is 0 Å². The van der Waals surface area contributed by atoms with Crippen molar-refractivity contribution in [3.8, 4) is 0 Å². The molecule has 0 atom stereocenters. The van der Waals surface area contributed by atoms with E-state index in [2.05, 4.69) is 32.9 Å². The molecule has 3 heteroatoms. The first-order chi connectivity index (χ1) is 4.43. The Morgan fingerprint density at radius 1 is 1.56 bits per heavy atom. The van der Waals surface area contributed by atoms with Crippen LogP contribution in [0.15, 0.2) is 24.4 Å². The standard InChI is InChI=1S/C6H7IN2/c7-5-9-6-3-1-2-4-8-6/h1-4H,5H2,(H,8,9). The lowest BCUT2D eigenvalue weighted by molar-refractivity contribution is 1.28. The number of aromatic nitrogens is 1. The molecule has 0 unspecified atom stereocenters. The Morgan fingerprint density at radius 2 is 2.44 bits per heavy atom. The van der Waals surface area contributed by atoms with Crippen LogP contribution in [0, 0.1) is 0 Å². The van der Waals surface area contributed by atoms with Gasteiger partial charge in [-0.3, -0.25) is 0 Å². The second-order valence-electron chi connectivity index (χ2n) is 1.53. The third kappa shape index (κ3) is 2.17. The number of nitrogens with one attached hydrogen (secondary N) is 1. The van der Waals surface area contributed by atoms with Gasteiger partial charge in [0.25, 0.3) is 0 Å². The highest BCUT2D eigenvalue weighted by Crippen LogP contribution is 1.99. The van der Waals surface area contributed by atoms with Gasteiger partial charge in [-0.25, -0.2) is 4.98 Å². The molecule has 0 radical (unpaired) electrons. The molecule has 9 heavy (non-hydrogen) atoms. The minimum atomic E-state index is 0.898. The number of pyridine rings is 1. The van der Waals surface area contributed by atoms with Gasteiger partial charge in [-0.2, -0.15) is 0 Å². The van der Waals surface area contributed by atoms with Gasteiger partial charge in [-0.1, -0.05) is 28.7 Å². The first kappa shape index (κ1) is 6.80. The zero-order chi connectivity index (χ0) is 6.53. The highest BCUT2D eigenvalue weighted by molar-refractivity contribution is 14.1. The number of nitrogens with zero attached hydrogens (tertiary/aromatic N) is 1. The first-order valence-electron chi connectivity index (χ1n) is 2.64. The summed E-state index contributed by atoms with van der Waals surface area (Å²) in [6.45, 7) is 0. The quantitative estimate of drug-likeness (QED) is 0.480. The molecule has 1 N–H and O–H groups in total. The van der Waals surface area contributed by atoms with Crippen LogP contribution in [0.3, 0.4) is 0 Å². The summed E-state index contributed by atoms with van der Waals surface area (Å²) >= 11 is 2.24. The van der Waals surface area contributed by atoms with Crippen molar-refractivity contribution in [3.05, 3.63) is 24.4 Å². The molecule has 0 aliphatic heterocycles. The minimum absolute atomic E-state index is 0.898. The molecular formula is C6H7IN2. The molecule has 0 spiro atoms. The maximum atomic E-state index is 4.05. The summed E-state index contributed by atoms with van der Waals surface area (Å²) in [5.74, 6) is 0.937. The van der Waals surface area contributed by atoms with Gasteiger partial charge in [-0.15, -0.1) is 0 Å². The Kier molecular flexibility index (Phi) is 2.76. The zero-order valence-electron chi connectivity index (χ0n) is 4.84. The zero-order valence-corrected chi connectivity index (χ0v) is 7.00. The van der Waals surface area contributed by atoms with Crippen molar-refractivity contribution in [1.82, 2.24) is 4.98 Å². The van der Waals surface area contributed by atoms with Crippen LogP contribution >= 0.6 is 22.6 Å². The highest BCUT2D eigenvalue weighted by Gasteiger charge is 1.83. The lowest BCUT2D eigenvalue weighted by Crippen LogP contribution is -1.94. The smallest absolute Gasteiger partial charge is 0.126 e. The maximum Gasteiger partial charge on any atom is 0.126 e. The number of rotatable bonds is 2. The topological polar surface area (TPSA) is 24.9 Å². The number of halogens is 1. The molecule has 0 fully saturated rings. The Hall–Kier alpha value is -0.320. The molecule has 1 heterocycles. The fourth-order valence-corrected chi connectivity index (χ4v) is 0.927. The predicted molar refractivity (Wildman–Crippen MR) is 46.7 cm³/mol. The summed E-state index contributed by atoms with van der Waals surface area (Å²) in [5, 5.41) is 3.08. The molecule has 0 saturated carbocycles. The van der Waals surface area contributed by atoms with Crippen molar-refractivity contribution in [2.24, 2.45) is 0 Å². The minimum Gasteiger partial charge on any atom is -0.361 e. The van der Waals surface area contributed by atoms with E-state index in [1.54, 1.807) is 6.20 Å². The van der Waals surface area contributed by atoms with Gasteiger partial charge in [0.15, 0.2) is 0 Å². The summed E-state index contributed by atoms with van der Waals surface area (Å²) < 4.78 is 0.898. The van der Waals surface area contributed by atoms with Crippen molar-refractivity contribution in [3.63, 3.8) is 0 Å². The molecule has 0 bridgehead atoms. The van der Waals surface area contributed by atoms with E-state index in [1.165, 1.54) is 0 Å². The van der Waals surface area contributed by atoms with Crippen LogP contribution < -0.4 is 5.32 Å².